The average Bonchev–Trinajstić information content (AvgIpc) is 2.60. The minimum Gasteiger partial charge on any atom is -0.372 e. The van der Waals surface area contributed by atoms with Crippen LogP contribution < -0.4 is 0 Å². The molecule has 0 saturated heterocycles. The standard InChI is InChI=1S/C10H14F3NOS/c1-2-3-8-6-16-9(14-8)4-5-15-7-10(11,12)13/h6H,2-5,7H2,1H3. The van der Waals surface area contributed by atoms with E-state index in [1.54, 1.807) is 0 Å². The molecule has 0 unspecified atom stereocenters. The summed E-state index contributed by atoms with van der Waals surface area (Å²) >= 11 is 1.48. The van der Waals surface area contributed by atoms with Crippen molar-refractivity contribution in [2.45, 2.75) is 32.4 Å². The van der Waals surface area contributed by atoms with E-state index in [2.05, 4.69) is 16.6 Å². The van der Waals surface area contributed by atoms with Crippen molar-refractivity contribution >= 4 is 11.3 Å². The molecule has 0 saturated carbocycles. The third kappa shape index (κ3) is 5.46. The minimum atomic E-state index is -4.24. The van der Waals surface area contributed by atoms with Crippen LogP contribution in [0.4, 0.5) is 13.2 Å². The maximum absolute atomic E-state index is 11.7. The van der Waals surface area contributed by atoms with Crippen LogP contribution in [0.2, 0.25) is 0 Å². The summed E-state index contributed by atoms with van der Waals surface area (Å²) < 4.78 is 39.8. The third-order valence-corrected chi connectivity index (χ3v) is 2.79. The first kappa shape index (κ1) is 13.4. The maximum atomic E-state index is 11.7. The van der Waals surface area contributed by atoms with Gasteiger partial charge in [0.2, 0.25) is 0 Å². The topological polar surface area (TPSA) is 22.1 Å². The van der Waals surface area contributed by atoms with E-state index >= 15 is 0 Å². The Morgan fingerprint density at radius 3 is 2.75 bits per heavy atom. The number of nitrogens with zero attached hydrogens (tertiary/aromatic N) is 1. The van der Waals surface area contributed by atoms with Crippen LogP contribution in [0.25, 0.3) is 0 Å². The Hall–Kier alpha value is -0.620. The Labute approximate surface area is 96.5 Å². The Bertz CT molecular complexity index is 311. The highest BCUT2D eigenvalue weighted by atomic mass is 32.1. The molecule has 0 aliphatic heterocycles. The van der Waals surface area contributed by atoms with Crippen LogP contribution in [0, 0.1) is 0 Å². The van der Waals surface area contributed by atoms with Gasteiger partial charge >= 0.3 is 6.18 Å². The van der Waals surface area contributed by atoms with E-state index in [1.165, 1.54) is 11.3 Å². The number of halogens is 3. The van der Waals surface area contributed by atoms with Crippen molar-refractivity contribution in [2.75, 3.05) is 13.2 Å². The number of rotatable bonds is 6. The summed E-state index contributed by atoms with van der Waals surface area (Å²) in [5.41, 5.74) is 1.01. The van der Waals surface area contributed by atoms with Gasteiger partial charge in [-0.15, -0.1) is 11.3 Å². The zero-order chi connectivity index (χ0) is 12.0. The lowest BCUT2D eigenvalue weighted by Crippen LogP contribution is -2.17. The number of aryl methyl sites for hydroxylation is 1. The molecule has 0 aromatic carbocycles. The Morgan fingerprint density at radius 2 is 2.12 bits per heavy atom. The van der Waals surface area contributed by atoms with Gasteiger partial charge in [-0.05, 0) is 6.42 Å². The predicted molar refractivity (Wildman–Crippen MR) is 56.7 cm³/mol. The highest BCUT2D eigenvalue weighted by Gasteiger charge is 2.27. The number of alkyl halides is 3. The molecule has 0 atom stereocenters. The molecular weight excluding hydrogens is 239 g/mol. The van der Waals surface area contributed by atoms with Crippen LogP contribution >= 0.6 is 11.3 Å². The number of hydrogen-bond acceptors (Lipinski definition) is 3. The second-order valence-corrected chi connectivity index (χ2v) is 4.34. The second-order valence-electron chi connectivity index (χ2n) is 3.40. The van der Waals surface area contributed by atoms with Crippen molar-refractivity contribution in [3.63, 3.8) is 0 Å². The Morgan fingerprint density at radius 1 is 1.38 bits per heavy atom. The first-order valence-electron chi connectivity index (χ1n) is 5.09. The minimum absolute atomic E-state index is 0.0680. The van der Waals surface area contributed by atoms with Crippen LogP contribution in [0.1, 0.15) is 24.0 Å². The zero-order valence-electron chi connectivity index (χ0n) is 9.01. The van der Waals surface area contributed by atoms with Crippen LogP contribution in [0.3, 0.4) is 0 Å². The smallest absolute Gasteiger partial charge is 0.372 e. The van der Waals surface area contributed by atoms with E-state index in [1.807, 2.05) is 5.38 Å². The molecule has 1 aromatic rings. The molecule has 1 heterocycles. The van der Waals surface area contributed by atoms with Crippen molar-refractivity contribution in [2.24, 2.45) is 0 Å². The van der Waals surface area contributed by atoms with Crippen molar-refractivity contribution in [3.05, 3.63) is 16.1 Å². The molecule has 16 heavy (non-hydrogen) atoms. The molecule has 0 fully saturated rings. The summed E-state index contributed by atoms with van der Waals surface area (Å²) in [7, 11) is 0. The largest absolute Gasteiger partial charge is 0.411 e. The van der Waals surface area contributed by atoms with Gasteiger partial charge in [0, 0.05) is 11.8 Å². The van der Waals surface area contributed by atoms with Gasteiger partial charge in [-0.3, -0.25) is 0 Å². The van der Waals surface area contributed by atoms with Gasteiger partial charge in [-0.1, -0.05) is 13.3 Å². The quantitative estimate of drug-likeness (QED) is 0.726. The Kier molecular flexibility index (Phi) is 5.21. The first-order chi connectivity index (χ1) is 7.51. The molecule has 1 aromatic heterocycles. The fraction of sp³-hybridized carbons (Fsp3) is 0.700. The fourth-order valence-electron chi connectivity index (χ4n) is 1.18. The summed E-state index contributed by atoms with van der Waals surface area (Å²) in [5.74, 6) is 0. The highest BCUT2D eigenvalue weighted by molar-refractivity contribution is 7.09. The summed E-state index contributed by atoms with van der Waals surface area (Å²) in [6.45, 7) is 0.949. The van der Waals surface area contributed by atoms with E-state index in [4.69, 9.17) is 0 Å². The molecule has 0 radical (unpaired) electrons. The van der Waals surface area contributed by atoms with Gasteiger partial charge < -0.3 is 4.74 Å². The molecule has 1 rings (SSSR count). The van der Waals surface area contributed by atoms with Gasteiger partial charge in [0.05, 0.1) is 17.3 Å². The summed E-state index contributed by atoms with van der Waals surface area (Å²) in [6, 6.07) is 0. The van der Waals surface area contributed by atoms with Gasteiger partial charge in [0.1, 0.15) is 6.61 Å². The molecule has 0 spiro atoms. The van der Waals surface area contributed by atoms with E-state index in [0.29, 0.717) is 6.42 Å². The zero-order valence-corrected chi connectivity index (χ0v) is 9.83. The summed E-state index contributed by atoms with van der Waals surface area (Å²) in [5, 5.41) is 2.79. The molecule has 0 amide bonds. The lowest BCUT2D eigenvalue weighted by molar-refractivity contribution is -0.173. The van der Waals surface area contributed by atoms with E-state index in [9.17, 15) is 13.2 Å². The Balaban J connectivity index is 2.21. The SMILES string of the molecule is CCCc1csc(CCOCC(F)(F)F)n1. The molecule has 0 aliphatic rings. The van der Waals surface area contributed by atoms with E-state index in [-0.39, 0.29) is 6.61 Å². The average molecular weight is 253 g/mol. The molecule has 2 nitrogen and oxygen atoms in total. The number of hydrogen-bond donors (Lipinski definition) is 0. The normalized spacial score (nSPS) is 12.0. The molecule has 6 heteroatoms. The highest BCUT2D eigenvalue weighted by Crippen LogP contribution is 2.15. The molecular formula is C10H14F3NOS. The van der Waals surface area contributed by atoms with Gasteiger partial charge in [0.25, 0.3) is 0 Å². The summed E-state index contributed by atoms with van der Waals surface area (Å²) in [4.78, 5) is 4.29. The third-order valence-electron chi connectivity index (χ3n) is 1.83. The molecule has 0 aliphatic carbocycles. The lowest BCUT2D eigenvalue weighted by Gasteiger charge is -2.06. The lowest BCUT2D eigenvalue weighted by atomic mass is 10.3. The predicted octanol–water partition coefficient (Wildman–Crippen LogP) is 3.22. The van der Waals surface area contributed by atoms with Gasteiger partial charge in [-0.2, -0.15) is 13.2 Å². The van der Waals surface area contributed by atoms with Gasteiger partial charge in [0.15, 0.2) is 0 Å². The van der Waals surface area contributed by atoms with Crippen LogP contribution in [-0.4, -0.2) is 24.4 Å². The maximum Gasteiger partial charge on any atom is 0.411 e. The number of thiazole rings is 1. The summed E-state index contributed by atoms with van der Waals surface area (Å²) in [6.07, 6.45) is -1.85. The van der Waals surface area contributed by atoms with Crippen molar-refractivity contribution in [1.82, 2.24) is 4.98 Å². The van der Waals surface area contributed by atoms with Crippen LogP contribution in [0.5, 0.6) is 0 Å². The monoisotopic (exact) mass is 253 g/mol. The van der Waals surface area contributed by atoms with Crippen molar-refractivity contribution < 1.29 is 17.9 Å². The van der Waals surface area contributed by atoms with Crippen molar-refractivity contribution in [3.8, 4) is 0 Å². The second kappa shape index (κ2) is 6.20. The van der Waals surface area contributed by atoms with Crippen LogP contribution in [-0.2, 0) is 17.6 Å². The molecule has 92 valence electrons. The van der Waals surface area contributed by atoms with E-state index in [0.717, 1.165) is 23.5 Å². The first-order valence-corrected chi connectivity index (χ1v) is 5.97. The van der Waals surface area contributed by atoms with Gasteiger partial charge in [-0.25, -0.2) is 4.98 Å². The number of ether oxygens (including phenoxy) is 1. The van der Waals surface area contributed by atoms with Crippen molar-refractivity contribution in [1.29, 1.82) is 0 Å². The molecule has 0 bridgehead atoms. The van der Waals surface area contributed by atoms with E-state index < -0.39 is 12.8 Å². The number of aromatic nitrogens is 1. The fourth-order valence-corrected chi connectivity index (χ4v) is 2.00. The van der Waals surface area contributed by atoms with Crippen LogP contribution in [0.15, 0.2) is 5.38 Å². The molecule has 0 N–H and O–H groups in total.